The van der Waals surface area contributed by atoms with Crippen LogP contribution in [0.4, 0.5) is 4.39 Å². The Labute approximate surface area is 78.1 Å². The predicted molar refractivity (Wildman–Crippen MR) is 52.9 cm³/mol. The molecule has 1 aromatic carbocycles. The van der Waals surface area contributed by atoms with Gasteiger partial charge in [0, 0.05) is 6.54 Å². The molecule has 1 rings (SSSR count). The van der Waals surface area contributed by atoms with Gasteiger partial charge in [-0.1, -0.05) is 24.3 Å². The summed E-state index contributed by atoms with van der Waals surface area (Å²) in [6.45, 7) is 0.587. The zero-order valence-corrected chi connectivity index (χ0v) is 7.54. The van der Waals surface area contributed by atoms with Gasteiger partial charge >= 0.3 is 0 Å². The topological polar surface area (TPSA) is 26.0 Å². The minimum atomic E-state index is -0.179. The van der Waals surface area contributed by atoms with Gasteiger partial charge in [0.05, 0.1) is 0 Å². The second-order valence-electron chi connectivity index (χ2n) is 2.87. The Bertz CT molecular complexity index is 264. The van der Waals surface area contributed by atoms with Gasteiger partial charge in [-0.05, 0) is 30.5 Å². The quantitative estimate of drug-likeness (QED) is 0.705. The molecule has 2 N–H and O–H groups in total. The van der Waals surface area contributed by atoms with Crippen LogP contribution in [-0.2, 0) is 6.42 Å². The highest BCUT2D eigenvalue weighted by Gasteiger charge is 1.91. The first-order chi connectivity index (χ1) is 6.33. The normalized spacial score (nSPS) is 10.9. The van der Waals surface area contributed by atoms with Crippen molar-refractivity contribution in [2.75, 3.05) is 6.54 Å². The maximum Gasteiger partial charge on any atom is 0.123 e. The number of benzene rings is 1. The van der Waals surface area contributed by atoms with Gasteiger partial charge in [-0.25, -0.2) is 4.39 Å². The van der Waals surface area contributed by atoms with Crippen LogP contribution in [0.1, 0.15) is 12.0 Å². The molecule has 0 aromatic heterocycles. The molecule has 2 heteroatoms. The summed E-state index contributed by atoms with van der Waals surface area (Å²) < 4.78 is 12.5. The summed E-state index contributed by atoms with van der Waals surface area (Å²) in [4.78, 5) is 0. The van der Waals surface area contributed by atoms with E-state index in [1.54, 1.807) is 0 Å². The lowest BCUT2D eigenvalue weighted by molar-refractivity contribution is 0.627. The summed E-state index contributed by atoms with van der Waals surface area (Å²) in [6.07, 6.45) is 5.88. The fourth-order valence-corrected chi connectivity index (χ4v) is 1.12. The van der Waals surface area contributed by atoms with Crippen LogP contribution in [0.15, 0.2) is 36.4 Å². The van der Waals surface area contributed by atoms with Crippen molar-refractivity contribution >= 4 is 0 Å². The number of aryl methyl sites for hydroxylation is 1. The fourth-order valence-electron chi connectivity index (χ4n) is 1.12. The molecule has 70 valence electrons. The highest BCUT2D eigenvalue weighted by atomic mass is 19.1. The van der Waals surface area contributed by atoms with Crippen molar-refractivity contribution in [1.29, 1.82) is 0 Å². The van der Waals surface area contributed by atoms with E-state index in [1.165, 1.54) is 12.1 Å². The van der Waals surface area contributed by atoms with Crippen LogP contribution in [0.2, 0.25) is 0 Å². The largest absolute Gasteiger partial charge is 0.327 e. The van der Waals surface area contributed by atoms with E-state index in [0.29, 0.717) is 6.54 Å². The second-order valence-corrected chi connectivity index (χ2v) is 2.87. The molecule has 0 unspecified atom stereocenters. The molecule has 0 amide bonds. The van der Waals surface area contributed by atoms with Gasteiger partial charge in [-0.2, -0.15) is 0 Å². The molecule has 13 heavy (non-hydrogen) atoms. The predicted octanol–water partition coefficient (Wildman–Crippen LogP) is 2.27. The third-order valence-electron chi connectivity index (χ3n) is 1.82. The van der Waals surface area contributed by atoms with Crippen molar-refractivity contribution in [2.45, 2.75) is 12.8 Å². The van der Waals surface area contributed by atoms with Crippen LogP contribution >= 0.6 is 0 Å². The maximum atomic E-state index is 12.5. The first kappa shape index (κ1) is 9.93. The van der Waals surface area contributed by atoms with Crippen molar-refractivity contribution in [2.24, 2.45) is 5.73 Å². The Balaban J connectivity index is 2.37. The molecule has 0 bridgehead atoms. The lowest BCUT2D eigenvalue weighted by atomic mass is 10.1. The molecular weight excluding hydrogens is 165 g/mol. The number of rotatable bonds is 4. The Morgan fingerprint density at radius 2 is 1.85 bits per heavy atom. The fraction of sp³-hybridized carbons (Fsp3) is 0.273. The summed E-state index contributed by atoms with van der Waals surface area (Å²) in [7, 11) is 0. The standard InChI is InChI=1S/C11H14FN/c12-11-7-5-10(6-8-11)4-2-1-3-9-13/h1,3,5-8H,2,4,9,13H2/b3-1+. The molecule has 0 heterocycles. The van der Waals surface area contributed by atoms with Crippen molar-refractivity contribution in [1.82, 2.24) is 0 Å². The minimum absolute atomic E-state index is 0.179. The molecule has 0 radical (unpaired) electrons. The molecule has 1 aromatic rings. The SMILES string of the molecule is NC/C=C/CCc1ccc(F)cc1. The number of halogens is 1. The van der Waals surface area contributed by atoms with Gasteiger partial charge < -0.3 is 5.73 Å². The van der Waals surface area contributed by atoms with Gasteiger partial charge in [0.1, 0.15) is 5.82 Å². The molecular formula is C11H14FN. The van der Waals surface area contributed by atoms with Crippen molar-refractivity contribution in [3.8, 4) is 0 Å². The van der Waals surface area contributed by atoms with Gasteiger partial charge in [-0.3, -0.25) is 0 Å². The third kappa shape index (κ3) is 3.85. The van der Waals surface area contributed by atoms with Gasteiger partial charge in [0.15, 0.2) is 0 Å². The Hall–Kier alpha value is -1.15. The average molecular weight is 179 g/mol. The smallest absolute Gasteiger partial charge is 0.123 e. The zero-order valence-electron chi connectivity index (χ0n) is 7.54. The number of allylic oxidation sites excluding steroid dienone is 1. The molecule has 0 saturated carbocycles. The van der Waals surface area contributed by atoms with Crippen molar-refractivity contribution in [3.63, 3.8) is 0 Å². The first-order valence-corrected chi connectivity index (χ1v) is 4.42. The van der Waals surface area contributed by atoms with Gasteiger partial charge in [-0.15, -0.1) is 0 Å². The highest BCUT2D eigenvalue weighted by molar-refractivity contribution is 5.16. The van der Waals surface area contributed by atoms with Crippen molar-refractivity contribution in [3.05, 3.63) is 47.8 Å². The lowest BCUT2D eigenvalue weighted by Crippen LogP contribution is -1.92. The second kappa shape index (κ2) is 5.49. The minimum Gasteiger partial charge on any atom is -0.327 e. The molecule has 0 saturated heterocycles. The van der Waals surface area contributed by atoms with Crippen LogP contribution in [0, 0.1) is 5.82 Å². The maximum absolute atomic E-state index is 12.5. The highest BCUT2D eigenvalue weighted by Crippen LogP contribution is 2.05. The molecule has 0 aliphatic heterocycles. The Morgan fingerprint density at radius 1 is 1.15 bits per heavy atom. The van der Waals surface area contributed by atoms with Crippen molar-refractivity contribution < 1.29 is 4.39 Å². The van der Waals surface area contributed by atoms with Gasteiger partial charge in [0.2, 0.25) is 0 Å². The first-order valence-electron chi connectivity index (χ1n) is 4.42. The number of nitrogens with two attached hydrogens (primary N) is 1. The average Bonchev–Trinajstić information content (AvgIpc) is 2.15. The lowest BCUT2D eigenvalue weighted by Gasteiger charge is -1.96. The Morgan fingerprint density at radius 3 is 2.46 bits per heavy atom. The van der Waals surface area contributed by atoms with E-state index in [1.807, 2.05) is 24.3 Å². The Kier molecular flexibility index (Phi) is 4.19. The van der Waals surface area contributed by atoms with Gasteiger partial charge in [0.25, 0.3) is 0 Å². The van der Waals surface area contributed by atoms with Crippen LogP contribution in [-0.4, -0.2) is 6.54 Å². The molecule has 1 nitrogen and oxygen atoms in total. The van der Waals surface area contributed by atoms with E-state index in [2.05, 4.69) is 0 Å². The number of hydrogen-bond donors (Lipinski definition) is 1. The molecule has 0 aliphatic carbocycles. The van der Waals surface area contributed by atoms with E-state index < -0.39 is 0 Å². The third-order valence-corrected chi connectivity index (χ3v) is 1.82. The van der Waals surface area contributed by atoms with E-state index >= 15 is 0 Å². The summed E-state index contributed by atoms with van der Waals surface area (Å²) in [5.74, 6) is -0.179. The molecule has 0 atom stereocenters. The summed E-state index contributed by atoms with van der Waals surface area (Å²) in [6, 6.07) is 6.60. The van der Waals surface area contributed by atoms with E-state index in [4.69, 9.17) is 5.73 Å². The number of hydrogen-bond acceptors (Lipinski definition) is 1. The zero-order chi connectivity index (χ0) is 9.52. The van der Waals surface area contributed by atoms with Crippen LogP contribution < -0.4 is 5.73 Å². The van der Waals surface area contributed by atoms with Crippen LogP contribution in [0.25, 0.3) is 0 Å². The molecule has 0 spiro atoms. The summed E-state index contributed by atoms with van der Waals surface area (Å²) >= 11 is 0. The summed E-state index contributed by atoms with van der Waals surface area (Å²) in [5.41, 5.74) is 6.45. The van der Waals surface area contributed by atoms with E-state index in [9.17, 15) is 4.39 Å². The van der Waals surface area contributed by atoms with Crippen LogP contribution in [0.5, 0.6) is 0 Å². The van der Waals surface area contributed by atoms with E-state index in [0.717, 1.165) is 18.4 Å². The monoisotopic (exact) mass is 179 g/mol. The van der Waals surface area contributed by atoms with E-state index in [-0.39, 0.29) is 5.82 Å². The summed E-state index contributed by atoms with van der Waals surface area (Å²) in [5, 5.41) is 0. The van der Waals surface area contributed by atoms with Crippen LogP contribution in [0.3, 0.4) is 0 Å². The molecule has 0 fully saturated rings. The molecule has 0 aliphatic rings.